The van der Waals surface area contributed by atoms with Crippen molar-refractivity contribution in [3.05, 3.63) is 11.6 Å². The molecule has 0 aromatic carbocycles. The van der Waals surface area contributed by atoms with E-state index in [9.17, 15) is 18.4 Å². The summed E-state index contributed by atoms with van der Waals surface area (Å²) in [5.41, 5.74) is 4.82. The van der Waals surface area contributed by atoms with E-state index < -0.39 is 30.4 Å². The number of halogens is 2. The van der Waals surface area contributed by atoms with Gasteiger partial charge >= 0.3 is 12.1 Å². The Morgan fingerprint density at radius 1 is 1.10 bits per heavy atom. The van der Waals surface area contributed by atoms with Gasteiger partial charge in [0.05, 0.1) is 0 Å². The standard InChI is InChI=1S/C34H56F2N2O4/c1-21(2)8-6-9-22(3)26-12-13-27-25-11-10-23-20-24(14-17-32(23,4)28(25)15-18-33(26,27)5)42-31(41)38-19-7-16-34(37,29(35)36)30(39)40/h10,21-22,24-29H,6-9,11-20,37H2,1-5H3,(H,38,41)(H,39,40). The lowest BCUT2D eigenvalue weighted by Crippen LogP contribution is -2.54. The fourth-order valence-corrected chi connectivity index (χ4v) is 9.83. The molecule has 9 atom stereocenters. The lowest BCUT2D eigenvalue weighted by molar-refractivity contribution is -0.150. The highest BCUT2D eigenvalue weighted by Crippen LogP contribution is 2.67. The van der Waals surface area contributed by atoms with E-state index in [2.05, 4.69) is 46.0 Å². The maximum atomic E-state index is 13.1. The van der Waals surface area contributed by atoms with Crippen molar-refractivity contribution in [1.82, 2.24) is 5.32 Å². The first kappa shape index (κ1) is 33.2. The van der Waals surface area contributed by atoms with E-state index >= 15 is 0 Å². The van der Waals surface area contributed by atoms with Crippen molar-refractivity contribution in [1.29, 1.82) is 0 Å². The highest BCUT2D eigenvalue weighted by Gasteiger charge is 2.59. The topological polar surface area (TPSA) is 102 Å². The highest BCUT2D eigenvalue weighted by atomic mass is 19.3. The Hall–Kier alpha value is -1.70. The van der Waals surface area contributed by atoms with E-state index in [1.165, 1.54) is 50.5 Å². The second-order valence-corrected chi connectivity index (χ2v) is 15.2. The average Bonchev–Trinajstić information content (AvgIpc) is 3.28. The second kappa shape index (κ2) is 13.1. The number of hydrogen-bond acceptors (Lipinski definition) is 4. The number of carboxylic acids is 1. The molecule has 42 heavy (non-hydrogen) atoms. The van der Waals surface area contributed by atoms with Crippen molar-refractivity contribution in [2.24, 2.45) is 52.1 Å². The maximum absolute atomic E-state index is 13.1. The normalized spacial score (nSPS) is 36.3. The van der Waals surface area contributed by atoms with Gasteiger partial charge in [0.25, 0.3) is 6.43 Å². The molecule has 3 saturated carbocycles. The zero-order chi connectivity index (χ0) is 30.9. The maximum Gasteiger partial charge on any atom is 0.407 e. The Balaban J connectivity index is 1.30. The molecule has 0 aliphatic heterocycles. The number of carbonyl (C=O) groups is 2. The lowest BCUT2D eigenvalue weighted by atomic mass is 9.47. The third kappa shape index (κ3) is 6.53. The summed E-state index contributed by atoms with van der Waals surface area (Å²) in [4.78, 5) is 23.6. The Morgan fingerprint density at radius 2 is 1.83 bits per heavy atom. The van der Waals surface area contributed by atoms with Crippen molar-refractivity contribution in [3.63, 3.8) is 0 Å². The number of carbonyl (C=O) groups excluding carboxylic acids is 1. The predicted octanol–water partition coefficient (Wildman–Crippen LogP) is 7.95. The largest absolute Gasteiger partial charge is 0.480 e. The minimum absolute atomic E-state index is 0.0247. The van der Waals surface area contributed by atoms with Gasteiger partial charge in [0, 0.05) is 13.0 Å². The average molecular weight is 595 g/mol. The molecule has 1 amide bonds. The zero-order valence-corrected chi connectivity index (χ0v) is 26.6. The lowest BCUT2D eigenvalue weighted by Gasteiger charge is -2.58. The molecule has 4 rings (SSSR count). The molecule has 0 radical (unpaired) electrons. The number of nitrogens with two attached hydrogens (primary N) is 1. The molecule has 8 heteroatoms. The van der Waals surface area contributed by atoms with Gasteiger partial charge in [-0.2, -0.15) is 0 Å². The number of alkyl halides is 2. The molecule has 0 saturated heterocycles. The second-order valence-electron chi connectivity index (χ2n) is 15.2. The summed E-state index contributed by atoms with van der Waals surface area (Å²) in [5.74, 6) is 2.95. The van der Waals surface area contributed by atoms with Crippen LogP contribution >= 0.6 is 0 Å². The number of nitrogens with one attached hydrogen (secondary N) is 1. The molecular formula is C34H56F2N2O4. The van der Waals surface area contributed by atoms with E-state index in [1.807, 2.05) is 0 Å². The summed E-state index contributed by atoms with van der Waals surface area (Å²) in [6.07, 6.45) is 11.3. The van der Waals surface area contributed by atoms with Gasteiger partial charge in [0.2, 0.25) is 0 Å². The van der Waals surface area contributed by atoms with Gasteiger partial charge in [-0.05, 0) is 104 Å². The minimum Gasteiger partial charge on any atom is -0.480 e. The van der Waals surface area contributed by atoms with Crippen LogP contribution in [0.25, 0.3) is 0 Å². The van der Waals surface area contributed by atoms with Crippen molar-refractivity contribution in [2.75, 3.05) is 6.54 Å². The molecule has 0 aromatic heterocycles. The summed E-state index contributed by atoms with van der Waals surface area (Å²) in [5, 5.41) is 11.6. The minimum atomic E-state index is -3.18. The van der Waals surface area contributed by atoms with Crippen molar-refractivity contribution in [2.45, 2.75) is 136 Å². The number of carboxylic acid groups (broad SMARTS) is 1. The van der Waals surface area contributed by atoms with Crippen LogP contribution < -0.4 is 11.1 Å². The number of amides is 1. The summed E-state index contributed by atoms with van der Waals surface area (Å²) in [6, 6.07) is 0. The van der Waals surface area contributed by atoms with Gasteiger partial charge in [-0.3, -0.25) is 0 Å². The summed E-state index contributed by atoms with van der Waals surface area (Å²) in [7, 11) is 0. The van der Waals surface area contributed by atoms with Crippen LogP contribution in [0, 0.1) is 46.3 Å². The molecule has 240 valence electrons. The molecule has 9 unspecified atom stereocenters. The molecule has 4 aliphatic carbocycles. The Bertz CT molecular complexity index is 1000. The smallest absolute Gasteiger partial charge is 0.407 e. The molecule has 4 N–H and O–H groups in total. The number of hydrogen-bond donors (Lipinski definition) is 3. The number of alkyl carbamates (subject to hydrolysis) is 1. The summed E-state index contributed by atoms with van der Waals surface area (Å²) >= 11 is 0. The predicted molar refractivity (Wildman–Crippen MR) is 161 cm³/mol. The van der Waals surface area contributed by atoms with Gasteiger partial charge in [0.1, 0.15) is 6.10 Å². The molecule has 4 aliphatic rings. The van der Waals surface area contributed by atoms with Gasteiger partial charge in [-0.1, -0.05) is 65.5 Å². The van der Waals surface area contributed by atoms with Crippen LogP contribution in [0.15, 0.2) is 11.6 Å². The van der Waals surface area contributed by atoms with Crippen molar-refractivity contribution >= 4 is 12.1 Å². The molecule has 3 fully saturated rings. The van der Waals surface area contributed by atoms with Crippen molar-refractivity contribution < 1.29 is 28.2 Å². The molecule has 0 spiro atoms. The Morgan fingerprint density at radius 3 is 2.50 bits per heavy atom. The van der Waals surface area contributed by atoms with Crippen LogP contribution in [0.2, 0.25) is 0 Å². The third-order valence-corrected chi connectivity index (χ3v) is 12.4. The molecule has 0 aromatic rings. The molecule has 6 nitrogen and oxygen atoms in total. The number of rotatable bonds is 12. The van der Waals surface area contributed by atoms with E-state index in [-0.39, 0.29) is 24.5 Å². The molecule has 0 bridgehead atoms. The zero-order valence-electron chi connectivity index (χ0n) is 26.6. The van der Waals surface area contributed by atoms with Crippen LogP contribution in [-0.4, -0.2) is 41.8 Å². The highest BCUT2D eigenvalue weighted by molar-refractivity contribution is 5.79. The first-order chi connectivity index (χ1) is 19.7. The summed E-state index contributed by atoms with van der Waals surface area (Å²) in [6.45, 7) is 12.3. The molecular weight excluding hydrogens is 538 g/mol. The van der Waals surface area contributed by atoms with Crippen LogP contribution in [0.4, 0.5) is 13.6 Å². The first-order valence-corrected chi connectivity index (χ1v) is 16.7. The summed E-state index contributed by atoms with van der Waals surface area (Å²) < 4.78 is 31.9. The van der Waals surface area contributed by atoms with Crippen LogP contribution in [0.5, 0.6) is 0 Å². The molecule has 0 heterocycles. The number of aliphatic carboxylic acids is 1. The SMILES string of the molecule is CC(C)CCCC(C)C1CCC2C3CC=C4CC(OC(=O)NCCCC(N)(C(=O)O)C(F)F)CCC4(C)C3CCC12C. The van der Waals surface area contributed by atoms with E-state index in [0.717, 1.165) is 55.3 Å². The third-order valence-electron chi connectivity index (χ3n) is 12.4. The van der Waals surface area contributed by atoms with E-state index in [4.69, 9.17) is 15.6 Å². The van der Waals surface area contributed by atoms with Gasteiger partial charge < -0.3 is 20.9 Å². The van der Waals surface area contributed by atoms with E-state index in [1.54, 1.807) is 0 Å². The van der Waals surface area contributed by atoms with Gasteiger partial charge in [-0.15, -0.1) is 0 Å². The van der Waals surface area contributed by atoms with Crippen LogP contribution in [0.1, 0.15) is 118 Å². The first-order valence-electron chi connectivity index (χ1n) is 16.7. The number of ether oxygens (including phenoxy) is 1. The fourth-order valence-electron chi connectivity index (χ4n) is 9.83. The van der Waals surface area contributed by atoms with E-state index in [0.29, 0.717) is 11.3 Å². The van der Waals surface area contributed by atoms with Crippen LogP contribution in [-0.2, 0) is 9.53 Å². The fraction of sp³-hybridized carbons (Fsp3) is 0.882. The van der Waals surface area contributed by atoms with Gasteiger partial charge in [-0.25, -0.2) is 18.4 Å². The Labute approximate surface area is 252 Å². The quantitative estimate of drug-likeness (QED) is 0.157. The number of allylic oxidation sites excluding steroid dienone is 1. The van der Waals surface area contributed by atoms with Crippen LogP contribution in [0.3, 0.4) is 0 Å². The van der Waals surface area contributed by atoms with Gasteiger partial charge in [0.15, 0.2) is 5.54 Å². The Kier molecular flexibility index (Phi) is 10.4. The van der Waals surface area contributed by atoms with Crippen molar-refractivity contribution in [3.8, 4) is 0 Å². The monoisotopic (exact) mass is 594 g/mol. The number of fused-ring (bicyclic) bond motifs is 5.